The molecule has 1 amide bonds. The zero-order chi connectivity index (χ0) is 17.4. The van der Waals surface area contributed by atoms with Gasteiger partial charge in [-0.2, -0.15) is 0 Å². The van der Waals surface area contributed by atoms with Crippen LogP contribution in [0.15, 0.2) is 18.2 Å². The van der Waals surface area contributed by atoms with Crippen LogP contribution in [0.3, 0.4) is 0 Å². The molecular formula is C16H16N4O4. The van der Waals surface area contributed by atoms with E-state index in [0.29, 0.717) is 28.8 Å². The zero-order valence-corrected chi connectivity index (χ0v) is 13.2. The lowest BCUT2D eigenvalue weighted by Gasteiger charge is -2.14. The van der Waals surface area contributed by atoms with Crippen LogP contribution in [0, 0.1) is 0 Å². The van der Waals surface area contributed by atoms with Gasteiger partial charge >= 0.3 is 5.97 Å². The number of rotatable bonds is 5. The summed E-state index contributed by atoms with van der Waals surface area (Å²) in [5.74, 6) is -2.09. The van der Waals surface area contributed by atoms with Crippen molar-refractivity contribution in [3.05, 3.63) is 29.5 Å². The van der Waals surface area contributed by atoms with E-state index in [4.69, 9.17) is 0 Å². The van der Waals surface area contributed by atoms with Crippen LogP contribution in [-0.2, 0) is 4.79 Å². The van der Waals surface area contributed by atoms with E-state index in [0.717, 1.165) is 6.54 Å². The van der Waals surface area contributed by atoms with Gasteiger partial charge in [-0.25, -0.2) is 9.78 Å². The van der Waals surface area contributed by atoms with E-state index >= 15 is 0 Å². The molecule has 8 heteroatoms. The normalized spacial score (nSPS) is 13.3. The average Bonchev–Trinajstić information content (AvgIpc) is 2.82. The number of aromatic nitrogens is 1. The van der Waals surface area contributed by atoms with Crippen LogP contribution in [0.25, 0.3) is 10.8 Å². The number of fused-ring (bicyclic) bond motifs is 3. The number of carboxylic acids is 1. The molecule has 0 saturated carbocycles. The minimum Gasteiger partial charge on any atom is -0.478 e. The Hall–Kier alpha value is -3.00. The number of pyridine rings is 1. The Morgan fingerprint density at radius 3 is 2.71 bits per heavy atom. The molecule has 1 aliphatic heterocycles. The van der Waals surface area contributed by atoms with E-state index in [-0.39, 0.29) is 11.3 Å². The molecule has 2 heterocycles. The van der Waals surface area contributed by atoms with E-state index in [2.05, 4.69) is 15.6 Å². The summed E-state index contributed by atoms with van der Waals surface area (Å²) in [5, 5.41) is 15.9. The van der Waals surface area contributed by atoms with E-state index in [1.54, 1.807) is 6.07 Å². The number of anilines is 2. The molecule has 3 rings (SSSR count). The molecule has 3 N–H and O–H groups in total. The van der Waals surface area contributed by atoms with Gasteiger partial charge < -0.3 is 20.6 Å². The van der Waals surface area contributed by atoms with E-state index in [1.165, 1.54) is 12.1 Å². The van der Waals surface area contributed by atoms with Gasteiger partial charge in [0.2, 0.25) is 0 Å². The molecule has 0 spiro atoms. The zero-order valence-electron chi connectivity index (χ0n) is 13.2. The summed E-state index contributed by atoms with van der Waals surface area (Å²) in [6.07, 6.45) is 0. The molecule has 0 unspecified atom stereocenters. The predicted molar refractivity (Wildman–Crippen MR) is 88.7 cm³/mol. The summed E-state index contributed by atoms with van der Waals surface area (Å²) in [5.41, 5.74) is 0.494. The molecule has 124 valence electrons. The number of likely N-dealkylation sites (N-methyl/N-ethyl adjacent to an activating group) is 1. The van der Waals surface area contributed by atoms with E-state index in [9.17, 15) is 19.5 Å². The standard InChI is InChI=1S/C16H16N4O4/c1-20(2)6-5-17-14-10-7-8(16(23)24)3-4-9(10)11-12(18-14)13(21)15(22)19-11/h3-4,7H,5-6H2,1-2H3,(H,17,18)(H,23,24)(H,19,21,22). The summed E-state index contributed by atoms with van der Waals surface area (Å²) in [6.45, 7) is 1.28. The van der Waals surface area contributed by atoms with Gasteiger partial charge in [-0.05, 0) is 26.2 Å². The number of aromatic carboxylic acids is 1. The quantitative estimate of drug-likeness (QED) is 0.703. The number of amides is 1. The van der Waals surface area contributed by atoms with Gasteiger partial charge in [0, 0.05) is 23.9 Å². The Labute approximate surface area is 137 Å². The fourth-order valence-electron chi connectivity index (χ4n) is 2.55. The maximum absolute atomic E-state index is 11.9. The van der Waals surface area contributed by atoms with Crippen molar-refractivity contribution in [2.45, 2.75) is 0 Å². The van der Waals surface area contributed by atoms with Crippen molar-refractivity contribution in [1.82, 2.24) is 9.88 Å². The number of benzene rings is 1. The van der Waals surface area contributed by atoms with Gasteiger partial charge in [-0.15, -0.1) is 0 Å². The predicted octanol–water partition coefficient (Wildman–Crippen LogP) is 1.04. The Morgan fingerprint density at radius 2 is 2.04 bits per heavy atom. The Bertz CT molecular complexity index is 876. The first kappa shape index (κ1) is 15.9. The van der Waals surface area contributed by atoms with Crippen molar-refractivity contribution >= 4 is 39.9 Å². The third-order valence-corrected chi connectivity index (χ3v) is 3.76. The van der Waals surface area contributed by atoms with Gasteiger partial charge in [0.05, 0.1) is 11.3 Å². The summed E-state index contributed by atoms with van der Waals surface area (Å²) in [4.78, 5) is 41.0. The first-order chi connectivity index (χ1) is 11.4. The van der Waals surface area contributed by atoms with Crippen LogP contribution in [0.5, 0.6) is 0 Å². The van der Waals surface area contributed by atoms with E-state index < -0.39 is 17.7 Å². The Morgan fingerprint density at radius 1 is 1.29 bits per heavy atom. The van der Waals surface area contributed by atoms with Crippen molar-refractivity contribution in [2.24, 2.45) is 0 Å². The number of nitrogens with one attached hydrogen (secondary N) is 2. The summed E-state index contributed by atoms with van der Waals surface area (Å²) < 4.78 is 0. The number of carbonyl (C=O) groups excluding carboxylic acids is 2. The molecule has 8 nitrogen and oxygen atoms in total. The average molecular weight is 328 g/mol. The number of Topliss-reactive ketones (excluding diaryl/α,β-unsaturated/α-hetero) is 1. The number of carbonyl (C=O) groups is 3. The number of hydrogen-bond acceptors (Lipinski definition) is 6. The minimum atomic E-state index is -1.06. The largest absolute Gasteiger partial charge is 0.478 e. The van der Waals surface area contributed by atoms with Crippen molar-refractivity contribution in [1.29, 1.82) is 0 Å². The molecule has 0 radical (unpaired) electrons. The highest BCUT2D eigenvalue weighted by atomic mass is 16.4. The highest BCUT2D eigenvalue weighted by molar-refractivity contribution is 6.52. The second-order valence-corrected chi connectivity index (χ2v) is 5.76. The van der Waals surface area contributed by atoms with Gasteiger partial charge in [0.1, 0.15) is 11.5 Å². The highest BCUT2D eigenvalue weighted by Crippen LogP contribution is 2.35. The lowest BCUT2D eigenvalue weighted by molar-refractivity contribution is -0.112. The Kier molecular flexibility index (Phi) is 3.90. The molecule has 0 saturated heterocycles. The molecule has 24 heavy (non-hydrogen) atoms. The number of hydrogen-bond donors (Lipinski definition) is 3. The maximum Gasteiger partial charge on any atom is 0.335 e. The molecule has 1 aromatic carbocycles. The molecule has 0 fully saturated rings. The smallest absolute Gasteiger partial charge is 0.335 e. The topological polar surface area (TPSA) is 112 Å². The van der Waals surface area contributed by atoms with Gasteiger partial charge in [0.25, 0.3) is 11.7 Å². The number of carboxylic acid groups (broad SMARTS) is 1. The van der Waals surface area contributed by atoms with Gasteiger partial charge in [-0.1, -0.05) is 6.07 Å². The summed E-state index contributed by atoms with van der Waals surface area (Å²) in [7, 11) is 3.84. The van der Waals surface area contributed by atoms with Crippen LogP contribution < -0.4 is 10.6 Å². The maximum atomic E-state index is 11.9. The third kappa shape index (κ3) is 2.67. The van der Waals surface area contributed by atoms with E-state index in [1.807, 2.05) is 19.0 Å². The molecule has 0 bridgehead atoms. The summed E-state index contributed by atoms with van der Waals surface area (Å²) in [6, 6.07) is 4.50. The Balaban J connectivity index is 2.15. The molecule has 0 aliphatic carbocycles. The van der Waals surface area contributed by atoms with Gasteiger partial charge in [0.15, 0.2) is 0 Å². The lowest BCUT2D eigenvalue weighted by Crippen LogP contribution is -2.21. The van der Waals surface area contributed by atoms with Crippen LogP contribution in [0.2, 0.25) is 0 Å². The second kappa shape index (κ2) is 5.89. The molecule has 2 aromatic rings. The third-order valence-electron chi connectivity index (χ3n) is 3.76. The van der Waals surface area contributed by atoms with Crippen LogP contribution in [-0.4, -0.2) is 59.8 Å². The number of nitrogens with zero attached hydrogens (tertiary/aromatic N) is 2. The first-order valence-corrected chi connectivity index (χ1v) is 7.34. The van der Waals surface area contributed by atoms with Crippen molar-refractivity contribution in [2.75, 3.05) is 37.8 Å². The van der Waals surface area contributed by atoms with Crippen LogP contribution in [0.1, 0.15) is 20.8 Å². The fraction of sp³-hybridized carbons (Fsp3) is 0.250. The van der Waals surface area contributed by atoms with Crippen LogP contribution in [0.4, 0.5) is 11.5 Å². The van der Waals surface area contributed by atoms with Crippen molar-refractivity contribution in [3.63, 3.8) is 0 Å². The fourth-order valence-corrected chi connectivity index (χ4v) is 2.55. The first-order valence-electron chi connectivity index (χ1n) is 7.34. The lowest BCUT2D eigenvalue weighted by atomic mass is 10.0. The monoisotopic (exact) mass is 328 g/mol. The molecule has 1 aliphatic rings. The minimum absolute atomic E-state index is 0.0583. The highest BCUT2D eigenvalue weighted by Gasteiger charge is 2.32. The van der Waals surface area contributed by atoms with Crippen LogP contribution >= 0.6 is 0 Å². The molecule has 1 aromatic heterocycles. The number of ketones is 1. The summed E-state index contributed by atoms with van der Waals surface area (Å²) >= 11 is 0. The van der Waals surface area contributed by atoms with Crippen molar-refractivity contribution in [3.8, 4) is 0 Å². The SMILES string of the molecule is CN(C)CCNc1nc2c(c3ccc(C(=O)O)cc13)NC(=O)C2=O. The van der Waals surface area contributed by atoms with Gasteiger partial charge in [-0.3, -0.25) is 9.59 Å². The van der Waals surface area contributed by atoms with Crippen molar-refractivity contribution < 1.29 is 19.5 Å². The second-order valence-electron chi connectivity index (χ2n) is 5.76. The molecular weight excluding hydrogens is 312 g/mol. The molecule has 0 atom stereocenters.